The van der Waals surface area contributed by atoms with E-state index >= 15 is 0 Å². The van der Waals surface area contributed by atoms with Crippen LogP contribution in [0.5, 0.6) is 5.75 Å². The minimum Gasteiger partial charge on any atom is -0.486 e. The molecule has 0 saturated carbocycles. The molecular formula is C16H21Cl2NO5S. The first kappa shape index (κ1) is 21.8. The van der Waals surface area contributed by atoms with Crippen molar-refractivity contribution in [2.75, 3.05) is 12.4 Å². The summed E-state index contributed by atoms with van der Waals surface area (Å²) in [6, 6.07) is 1.92. The van der Waals surface area contributed by atoms with Crippen LogP contribution in [0.4, 0.5) is 0 Å². The Kier molecular flexibility index (Phi) is 7.31. The highest BCUT2D eigenvalue weighted by molar-refractivity contribution is 7.85. The van der Waals surface area contributed by atoms with Crippen LogP contribution >= 0.6 is 23.2 Å². The van der Waals surface area contributed by atoms with Crippen molar-refractivity contribution in [1.29, 1.82) is 0 Å². The summed E-state index contributed by atoms with van der Waals surface area (Å²) < 4.78 is 36.8. The average Bonchev–Trinajstić information content (AvgIpc) is 2.43. The van der Waals surface area contributed by atoms with Crippen LogP contribution in [-0.2, 0) is 10.1 Å². The van der Waals surface area contributed by atoms with E-state index in [9.17, 15) is 13.2 Å². The quantitative estimate of drug-likeness (QED) is 0.530. The normalized spacial score (nSPS) is 13.2. The second-order valence-corrected chi connectivity index (χ2v) is 8.82. The van der Waals surface area contributed by atoms with Gasteiger partial charge in [-0.3, -0.25) is 9.35 Å². The minimum atomic E-state index is -4.26. The summed E-state index contributed by atoms with van der Waals surface area (Å²) in [6.07, 6.45) is 1.52. The Bertz CT molecular complexity index is 733. The number of amides is 1. The molecule has 0 aromatic heterocycles. The molecule has 2 N–H and O–H groups in total. The summed E-state index contributed by atoms with van der Waals surface area (Å²) >= 11 is 12.2. The van der Waals surface area contributed by atoms with Crippen molar-refractivity contribution in [3.05, 3.63) is 40.4 Å². The first-order chi connectivity index (χ1) is 11.3. The number of ether oxygens (including phenoxy) is 1. The lowest BCUT2D eigenvalue weighted by Gasteiger charge is -2.30. The SMILES string of the molecule is C=CCOc1c(Cl)cc(C(=O)N[C@@H](CS(=O)(=O)O)C(C)(C)C)cc1Cl. The summed E-state index contributed by atoms with van der Waals surface area (Å²) in [7, 11) is -4.26. The van der Waals surface area contributed by atoms with Gasteiger partial charge in [0, 0.05) is 5.56 Å². The summed E-state index contributed by atoms with van der Waals surface area (Å²) in [4.78, 5) is 12.5. The van der Waals surface area contributed by atoms with Gasteiger partial charge in [0.25, 0.3) is 16.0 Å². The van der Waals surface area contributed by atoms with Crippen LogP contribution in [0.2, 0.25) is 10.0 Å². The Hall–Kier alpha value is -1.28. The topological polar surface area (TPSA) is 92.7 Å². The molecule has 1 amide bonds. The van der Waals surface area contributed by atoms with Gasteiger partial charge in [-0.05, 0) is 17.5 Å². The Morgan fingerprint density at radius 3 is 2.28 bits per heavy atom. The van der Waals surface area contributed by atoms with Crippen molar-refractivity contribution < 1.29 is 22.5 Å². The first-order valence-electron chi connectivity index (χ1n) is 7.34. The highest BCUT2D eigenvalue weighted by Crippen LogP contribution is 2.34. The Balaban J connectivity index is 3.07. The van der Waals surface area contributed by atoms with Crippen LogP contribution in [-0.4, -0.2) is 37.3 Å². The maximum atomic E-state index is 12.5. The van der Waals surface area contributed by atoms with E-state index in [0.29, 0.717) is 0 Å². The molecule has 6 nitrogen and oxygen atoms in total. The number of carbonyl (C=O) groups excluding carboxylic acids is 1. The number of carbonyl (C=O) groups is 1. The van der Waals surface area contributed by atoms with E-state index < -0.39 is 33.2 Å². The number of benzene rings is 1. The molecule has 1 aromatic carbocycles. The van der Waals surface area contributed by atoms with Crippen molar-refractivity contribution >= 4 is 39.2 Å². The molecule has 0 bridgehead atoms. The Morgan fingerprint density at radius 1 is 1.36 bits per heavy atom. The lowest BCUT2D eigenvalue weighted by molar-refractivity contribution is 0.0911. The van der Waals surface area contributed by atoms with Gasteiger partial charge >= 0.3 is 0 Å². The predicted molar refractivity (Wildman–Crippen MR) is 99.3 cm³/mol. The van der Waals surface area contributed by atoms with E-state index in [2.05, 4.69) is 11.9 Å². The highest BCUT2D eigenvalue weighted by Gasteiger charge is 2.31. The molecule has 140 valence electrons. The monoisotopic (exact) mass is 409 g/mol. The molecule has 0 aliphatic rings. The van der Waals surface area contributed by atoms with E-state index in [0.717, 1.165) is 0 Å². The Morgan fingerprint density at radius 2 is 1.88 bits per heavy atom. The molecule has 25 heavy (non-hydrogen) atoms. The first-order valence-corrected chi connectivity index (χ1v) is 9.70. The summed E-state index contributed by atoms with van der Waals surface area (Å²) in [5, 5.41) is 2.88. The maximum Gasteiger partial charge on any atom is 0.266 e. The number of rotatable bonds is 7. The van der Waals surface area contributed by atoms with Gasteiger partial charge in [-0.2, -0.15) is 8.42 Å². The minimum absolute atomic E-state index is 0.140. The maximum absolute atomic E-state index is 12.5. The van der Waals surface area contributed by atoms with E-state index in [-0.39, 0.29) is 28.0 Å². The van der Waals surface area contributed by atoms with E-state index in [1.54, 1.807) is 20.8 Å². The van der Waals surface area contributed by atoms with Gasteiger partial charge in [-0.1, -0.05) is 56.6 Å². The number of hydrogen-bond donors (Lipinski definition) is 2. The van der Waals surface area contributed by atoms with Crippen molar-refractivity contribution in [3.8, 4) is 5.75 Å². The zero-order valence-corrected chi connectivity index (χ0v) is 16.5. The smallest absolute Gasteiger partial charge is 0.266 e. The molecule has 0 saturated heterocycles. The van der Waals surface area contributed by atoms with Crippen LogP contribution in [0.1, 0.15) is 31.1 Å². The molecule has 0 fully saturated rings. The zero-order valence-electron chi connectivity index (χ0n) is 14.2. The molecule has 1 atom stereocenters. The number of halogens is 2. The summed E-state index contributed by atoms with van der Waals surface area (Å²) in [6.45, 7) is 8.96. The van der Waals surface area contributed by atoms with Crippen LogP contribution in [0.25, 0.3) is 0 Å². The van der Waals surface area contributed by atoms with Gasteiger partial charge in [0.15, 0.2) is 5.75 Å². The van der Waals surface area contributed by atoms with Gasteiger partial charge in [-0.25, -0.2) is 0 Å². The summed E-state index contributed by atoms with van der Waals surface area (Å²) in [5.41, 5.74) is -0.461. The van der Waals surface area contributed by atoms with Crippen LogP contribution in [0, 0.1) is 5.41 Å². The van der Waals surface area contributed by atoms with Crippen molar-refractivity contribution in [2.24, 2.45) is 5.41 Å². The third kappa shape index (κ3) is 6.86. The molecule has 0 aliphatic heterocycles. The van der Waals surface area contributed by atoms with Crippen molar-refractivity contribution in [2.45, 2.75) is 26.8 Å². The lowest BCUT2D eigenvalue weighted by Crippen LogP contribution is -2.47. The van der Waals surface area contributed by atoms with E-state index in [4.69, 9.17) is 32.5 Å². The second-order valence-electron chi connectivity index (χ2n) is 6.51. The molecule has 1 rings (SSSR count). The van der Waals surface area contributed by atoms with Gasteiger partial charge in [0.1, 0.15) is 6.61 Å². The highest BCUT2D eigenvalue weighted by atomic mass is 35.5. The van der Waals surface area contributed by atoms with E-state index in [1.807, 2.05) is 0 Å². The van der Waals surface area contributed by atoms with Crippen LogP contribution < -0.4 is 10.1 Å². The fraction of sp³-hybridized carbons (Fsp3) is 0.438. The largest absolute Gasteiger partial charge is 0.486 e. The van der Waals surface area contributed by atoms with Crippen LogP contribution in [0.15, 0.2) is 24.8 Å². The molecule has 0 spiro atoms. The van der Waals surface area contributed by atoms with Gasteiger partial charge < -0.3 is 10.1 Å². The number of hydrogen-bond acceptors (Lipinski definition) is 4. The lowest BCUT2D eigenvalue weighted by atomic mass is 9.87. The average molecular weight is 410 g/mol. The predicted octanol–water partition coefficient (Wildman–Crippen LogP) is 3.59. The van der Waals surface area contributed by atoms with Gasteiger partial charge in [-0.15, -0.1) is 0 Å². The molecule has 0 heterocycles. The third-order valence-electron chi connectivity index (χ3n) is 3.33. The van der Waals surface area contributed by atoms with Crippen molar-refractivity contribution in [1.82, 2.24) is 5.32 Å². The fourth-order valence-electron chi connectivity index (χ4n) is 1.93. The van der Waals surface area contributed by atoms with Gasteiger partial charge in [0.2, 0.25) is 0 Å². The third-order valence-corrected chi connectivity index (χ3v) is 4.65. The fourth-order valence-corrected chi connectivity index (χ4v) is 3.53. The number of nitrogens with one attached hydrogen (secondary N) is 1. The van der Waals surface area contributed by atoms with E-state index in [1.165, 1.54) is 18.2 Å². The molecular weight excluding hydrogens is 389 g/mol. The van der Waals surface area contributed by atoms with Crippen LogP contribution in [0.3, 0.4) is 0 Å². The van der Waals surface area contributed by atoms with Crippen molar-refractivity contribution in [3.63, 3.8) is 0 Å². The standard InChI is InChI=1S/C16H21Cl2NO5S/c1-5-6-24-14-11(17)7-10(8-12(14)18)15(20)19-13(16(2,3)4)9-25(21,22)23/h5,7-8,13H,1,6,9H2,2-4H3,(H,19,20)(H,21,22,23)/t13-/m0/s1. The molecule has 0 radical (unpaired) electrons. The molecule has 0 aliphatic carbocycles. The summed E-state index contributed by atoms with van der Waals surface area (Å²) in [5.74, 6) is -0.947. The second kappa shape index (κ2) is 8.40. The molecule has 9 heteroatoms. The zero-order chi connectivity index (χ0) is 19.4. The Labute approximate surface area is 157 Å². The molecule has 0 unspecified atom stereocenters. The molecule has 1 aromatic rings. The van der Waals surface area contributed by atoms with Gasteiger partial charge in [0.05, 0.1) is 21.8 Å².